The van der Waals surface area contributed by atoms with E-state index in [1.165, 1.54) is 11.3 Å². The van der Waals surface area contributed by atoms with Crippen molar-refractivity contribution in [2.45, 2.75) is 13.0 Å². The Morgan fingerprint density at radius 3 is 2.26 bits per heavy atom. The number of anilines is 1. The second-order valence-electron chi connectivity index (χ2n) is 5.75. The first kappa shape index (κ1) is 16.8. The Labute approximate surface area is 137 Å². The molecule has 0 saturated carbocycles. The summed E-state index contributed by atoms with van der Waals surface area (Å²) in [5, 5.41) is 2.95. The van der Waals surface area contributed by atoms with Crippen LogP contribution in [0.3, 0.4) is 0 Å². The maximum absolute atomic E-state index is 12.1. The molecular formula is C18H24N4O. The van der Waals surface area contributed by atoms with Gasteiger partial charge in [0.1, 0.15) is 0 Å². The van der Waals surface area contributed by atoms with Crippen molar-refractivity contribution in [1.29, 1.82) is 0 Å². The highest BCUT2D eigenvalue weighted by molar-refractivity contribution is 5.73. The van der Waals surface area contributed by atoms with Crippen LogP contribution >= 0.6 is 0 Å². The molecule has 0 unspecified atom stereocenters. The summed E-state index contributed by atoms with van der Waals surface area (Å²) in [5.41, 5.74) is 3.46. The molecule has 0 aliphatic carbocycles. The van der Waals surface area contributed by atoms with Crippen molar-refractivity contribution in [3.63, 3.8) is 0 Å². The molecule has 2 rings (SSSR count). The number of rotatable bonds is 6. The van der Waals surface area contributed by atoms with Crippen molar-refractivity contribution in [3.8, 4) is 0 Å². The molecule has 0 radical (unpaired) electrons. The smallest absolute Gasteiger partial charge is 0.317 e. The summed E-state index contributed by atoms with van der Waals surface area (Å²) in [6.45, 7) is 1.20. The Hall–Kier alpha value is -2.56. The average molecular weight is 312 g/mol. The average Bonchev–Trinajstić information content (AvgIpc) is 2.56. The van der Waals surface area contributed by atoms with E-state index in [4.69, 9.17) is 0 Å². The molecule has 122 valence electrons. The molecule has 0 spiro atoms. The first-order valence-electron chi connectivity index (χ1n) is 7.70. The zero-order valence-electron chi connectivity index (χ0n) is 14.0. The van der Waals surface area contributed by atoms with Crippen LogP contribution in [-0.2, 0) is 13.0 Å². The first-order valence-corrected chi connectivity index (χ1v) is 7.70. The van der Waals surface area contributed by atoms with Gasteiger partial charge in [-0.25, -0.2) is 4.79 Å². The molecule has 1 aromatic heterocycles. The zero-order chi connectivity index (χ0) is 16.7. The van der Waals surface area contributed by atoms with Gasteiger partial charge >= 0.3 is 6.03 Å². The number of aromatic nitrogens is 1. The molecule has 5 nitrogen and oxygen atoms in total. The predicted molar refractivity (Wildman–Crippen MR) is 93.6 cm³/mol. The highest BCUT2D eigenvalue weighted by Gasteiger charge is 2.08. The number of carbonyl (C=O) groups excluding carboxylic acids is 1. The third kappa shape index (κ3) is 5.29. The van der Waals surface area contributed by atoms with E-state index < -0.39 is 0 Å². The second-order valence-corrected chi connectivity index (χ2v) is 5.75. The number of nitrogens with zero attached hydrogens (tertiary/aromatic N) is 3. The predicted octanol–water partition coefficient (Wildman–Crippen LogP) is 2.53. The zero-order valence-corrected chi connectivity index (χ0v) is 14.0. The van der Waals surface area contributed by atoms with Crippen LogP contribution in [-0.4, -0.2) is 43.6 Å². The Morgan fingerprint density at radius 1 is 1.00 bits per heavy atom. The molecule has 0 aliphatic heterocycles. The van der Waals surface area contributed by atoms with Gasteiger partial charge in [0.2, 0.25) is 0 Å². The number of amides is 2. The largest absolute Gasteiger partial charge is 0.378 e. The van der Waals surface area contributed by atoms with Gasteiger partial charge in [0.05, 0.1) is 0 Å². The van der Waals surface area contributed by atoms with Crippen molar-refractivity contribution in [2.24, 2.45) is 0 Å². The Morgan fingerprint density at radius 2 is 1.65 bits per heavy atom. The molecule has 23 heavy (non-hydrogen) atoms. The number of carbonyl (C=O) groups is 1. The Kier molecular flexibility index (Phi) is 5.97. The minimum absolute atomic E-state index is 0.0632. The summed E-state index contributed by atoms with van der Waals surface area (Å²) in [4.78, 5) is 19.8. The first-order chi connectivity index (χ1) is 11.1. The van der Waals surface area contributed by atoms with Crippen LogP contribution < -0.4 is 10.2 Å². The second kappa shape index (κ2) is 8.17. The fourth-order valence-electron chi connectivity index (χ4n) is 2.24. The topological polar surface area (TPSA) is 48.5 Å². The Balaban J connectivity index is 1.75. The van der Waals surface area contributed by atoms with Crippen LogP contribution in [0, 0.1) is 0 Å². The number of pyridine rings is 1. The standard InChI is InChI=1S/C18H24N4O/c1-21(2)17-6-4-15(5-7-17)10-13-20-18(23)22(3)14-16-8-11-19-12-9-16/h4-9,11-12H,10,13-14H2,1-3H3,(H,20,23). The molecule has 0 bridgehead atoms. The monoisotopic (exact) mass is 312 g/mol. The molecule has 1 aromatic carbocycles. The molecular weight excluding hydrogens is 288 g/mol. The lowest BCUT2D eigenvalue weighted by molar-refractivity contribution is 0.207. The molecule has 1 N–H and O–H groups in total. The molecule has 0 aliphatic rings. The third-order valence-electron chi connectivity index (χ3n) is 3.66. The quantitative estimate of drug-likeness (QED) is 0.892. The highest BCUT2D eigenvalue weighted by Crippen LogP contribution is 2.12. The summed E-state index contributed by atoms with van der Waals surface area (Å²) in [7, 11) is 5.84. The Bertz CT molecular complexity index is 611. The van der Waals surface area contributed by atoms with E-state index in [1.54, 1.807) is 24.3 Å². The number of hydrogen-bond acceptors (Lipinski definition) is 3. The van der Waals surface area contributed by atoms with Gasteiger partial charge in [-0.1, -0.05) is 12.1 Å². The third-order valence-corrected chi connectivity index (χ3v) is 3.66. The van der Waals surface area contributed by atoms with Gasteiger partial charge in [-0.15, -0.1) is 0 Å². The van der Waals surface area contributed by atoms with E-state index in [2.05, 4.69) is 39.5 Å². The van der Waals surface area contributed by atoms with Crippen LogP contribution in [0.5, 0.6) is 0 Å². The molecule has 1 heterocycles. The fourth-order valence-corrected chi connectivity index (χ4v) is 2.24. The molecule has 0 atom stereocenters. The summed E-state index contributed by atoms with van der Waals surface area (Å²) >= 11 is 0. The molecule has 0 fully saturated rings. The van der Waals surface area contributed by atoms with E-state index in [0.29, 0.717) is 13.1 Å². The van der Waals surface area contributed by atoms with Crippen molar-refractivity contribution in [3.05, 3.63) is 59.9 Å². The van der Waals surface area contributed by atoms with Crippen molar-refractivity contribution in [1.82, 2.24) is 15.2 Å². The van der Waals surface area contributed by atoms with E-state index in [0.717, 1.165) is 12.0 Å². The minimum Gasteiger partial charge on any atom is -0.378 e. The van der Waals surface area contributed by atoms with Gasteiger partial charge in [-0.3, -0.25) is 4.98 Å². The van der Waals surface area contributed by atoms with Crippen LogP contribution in [0.1, 0.15) is 11.1 Å². The van der Waals surface area contributed by atoms with Gasteiger partial charge in [0.25, 0.3) is 0 Å². The maximum Gasteiger partial charge on any atom is 0.317 e. The number of urea groups is 1. The number of hydrogen-bond donors (Lipinski definition) is 1. The summed E-state index contributed by atoms with van der Waals surface area (Å²) in [6.07, 6.45) is 4.29. The van der Waals surface area contributed by atoms with E-state index in [-0.39, 0.29) is 6.03 Å². The van der Waals surface area contributed by atoms with Gasteiger partial charge in [-0.05, 0) is 41.8 Å². The maximum atomic E-state index is 12.1. The van der Waals surface area contributed by atoms with Crippen molar-refractivity contribution < 1.29 is 4.79 Å². The van der Waals surface area contributed by atoms with Crippen molar-refractivity contribution in [2.75, 3.05) is 32.6 Å². The SMILES string of the molecule is CN(Cc1ccncc1)C(=O)NCCc1ccc(N(C)C)cc1. The van der Waals surface area contributed by atoms with Gasteiger partial charge in [-0.2, -0.15) is 0 Å². The van der Waals surface area contributed by atoms with Crippen LogP contribution in [0.15, 0.2) is 48.8 Å². The van der Waals surface area contributed by atoms with Crippen LogP contribution in [0.4, 0.5) is 10.5 Å². The molecule has 0 saturated heterocycles. The van der Waals surface area contributed by atoms with E-state index in [9.17, 15) is 4.79 Å². The summed E-state index contributed by atoms with van der Waals surface area (Å²) in [5.74, 6) is 0. The number of nitrogens with one attached hydrogen (secondary N) is 1. The van der Waals surface area contributed by atoms with Gasteiger partial charge in [0, 0.05) is 52.3 Å². The van der Waals surface area contributed by atoms with Crippen molar-refractivity contribution >= 4 is 11.7 Å². The number of benzene rings is 1. The molecule has 2 amide bonds. The van der Waals surface area contributed by atoms with Gasteiger partial charge < -0.3 is 15.1 Å². The highest BCUT2D eigenvalue weighted by atomic mass is 16.2. The van der Waals surface area contributed by atoms with E-state index in [1.807, 2.05) is 26.2 Å². The lowest BCUT2D eigenvalue weighted by Crippen LogP contribution is -2.37. The van der Waals surface area contributed by atoms with E-state index >= 15 is 0 Å². The molecule has 5 heteroatoms. The molecule has 2 aromatic rings. The normalized spacial score (nSPS) is 10.2. The van der Waals surface area contributed by atoms with Gasteiger partial charge in [0.15, 0.2) is 0 Å². The fraction of sp³-hybridized carbons (Fsp3) is 0.333. The lowest BCUT2D eigenvalue weighted by Gasteiger charge is -2.18. The lowest BCUT2D eigenvalue weighted by atomic mass is 10.1. The summed E-state index contributed by atoms with van der Waals surface area (Å²) in [6, 6.07) is 12.1. The summed E-state index contributed by atoms with van der Waals surface area (Å²) < 4.78 is 0. The van der Waals surface area contributed by atoms with Crippen LogP contribution in [0.25, 0.3) is 0 Å². The van der Waals surface area contributed by atoms with Crippen LogP contribution in [0.2, 0.25) is 0 Å². The minimum atomic E-state index is -0.0632.